The Bertz CT molecular complexity index is 201. The molecule has 0 bridgehead atoms. The minimum Gasteiger partial charge on any atom is -0.286 e. The Morgan fingerprint density at radius 3 is 2.15 bits per heavy atom. The van der Waals surface area contributed by atoms with E-state index in [0.29, 0.717) is 0 Å². The third-order valence-corrected chi connectivity index (χ3v) is 2.88. The van der Waals surface area contributed by atoms with Crippen molar-refractivity contribution in [3.8, 4) is 0 Å². The van der Waals surface area contributed by atoms with Crippen LogP contribution >= 0.6 is 0 Å². The van der Waals surface area contributed by atoms with E-state index >= 15 is 0 Å². The molecular weight excluding hydrogens is 199 g/mol. The molecule has 13 heavy (non-hydrogen) atoms. The summed E-state index contributed by atoms with van der Waals surface area (Å²) in [4.78, 5) is 0. The van der Waals surface area contributed by atoms with Crippen molar-refractivity contribution >= 4 is 39.7 Å². The molecule has 0 aliphatic rings. The van der Waals surface area contributed by atoms with Crippen LogP contribution in [-0.2, 0) is 10.1 Å². The van der Waals surface area contributed by atoms with Gasteiger partial charge in [-0.1, -0.05) is 33.1 Å². The Morgan fingerprint density at radius 2 is 1.85 bits per heavy atom. The zero-order valence-corrected chi connectivity index (χ0v) is 11.6. The van der Waals surface area contributed by atoms with Crippen LogP contribution in [0, 0.1) is 5.92 Å². The summed E-state index contributed by atoms with van der Waals surface area (Å²) in [7, 11) is -3.77. The maximum Gasteiger partial charge on any atom is 0.265 e. The Hall–Kier alpha value is 0.910. The molecule has 0 saturated heterocycles. The molecule has 1 unspecified atom stereocenters. The third kappa shape index (κ3) is 10.8. The average molecular weight is 217 g/mol. The molecule has 0 saturated carbocycles. The monoisotopic (exact) mass is 217 g/mol. The zero-order chi connectivity index (χ0) is 9.61. The van der Waals surface area contributed by atoms with Crippen LogP contribution < -0.4 is 0 Å². The normalized spacial score (nSPS) is 13.5. The first-order valence-electron chi connectivity index (χ1n) is 4.44. The Morgan fingerprint density at radius 1 is 1.31 bits per heavy atom. The summed E-state index contributed by atoms with van der Waals surface area (Å²) in [5.41, 5.74) is 0. The fourth-order valence-corrected chi connectivity index (χ4v) is 2.19. The van der Waals surface area contributed by atoms with Gasteiger partial charge < -0.3 is 0 Å². The molecule has 5 heteroatoms. The molecule has 0 aromatic carbocycles. The summed E-state index contributed by atoms with van der Waals surface area (Å²) >= 11 is 0. The van der Waals surface area contributed by atoms with Crippen LogP contribution in [0.3, 0.4) is 0 Å². The third-order valence-electron chi connectivity index (χ3n) is 1.99. The summed E-state index contributed by atoms with van der Waals surface area (Å²) in [5, 5.41) is 0. The van der Waals surface area contributed by atoms with Gasteiger partial charge in [0.15, 0.2) is 0 Å². The number of rotatable bonds is 6. The van der Waals surface area contributed by atoms with Crippen molar-refractivity contribution in [1.82, 2.24) is 0 Å². The van der Waals surface area contributed by atoms with Gasteiger partial charge in [0, 0.05) is 29.6 Å². The number of hydrogen-bond acceptors (Lipinski definition) is 2. The van der Waals surface area contributed by atoms with E-state index in [1.54, 1.807) is 0 Å². The van der Waals surface area contributed by atoms with E-state index in [1.807, 2.05) is 6.92 Å². The fourth-order valence-electron chi connectivity index (χ4n) is 1.20. The van der Waals surface area contributed by atoms with Gasteiger partial charge in [-0.05, 0) is 12.3 Å². The molecule has 0 aromatic rings. The Balaban J connectivity index is 0. The standard InChI is InChI=1S/C8H18O3S.Na/c1-3-5-6-8(4-2)7-12(9,10)11;/h8H,3-7H2,1-2H3,(H,9,10,11);. The average Bonchev–Trinajstić information content (AvgIpc) is 1.95. The topological polar surface area (TPSA) is 54.4 Å². The van der Waals surface area contributed by atoms with Crippen molar-refractivity contribution < 1.29 is 13.0 Å². The van der Waals surface area contributed by atoms with Crippen molar-refractivity contribution in [3.05, 3.63) is 0 Å². The molecule has 0 aromatic heterocycles. The van der Waals surface area contributed by atoms with Gasteiger partial charge in [0.2, 0.25) is 0 Å². The van der Waals surface area contributed by atoms with Gasteiger partial charge >= 0.3 is 0 Å². The van der Waals surface area contributed by atoms with E-state index in [0.717, 1.165) is 25.7 Å². The molecule has 0 rings (SSSR count). The largest absolute Gasteiger partial charge is 0.286 e. The SMILES string of the molecule is CCCCC(CC)CS(=O)(=O)O.[Na]. The quantitative estimate of drug-likeness (QED) is 0.544. The maximum absolute atomic E-state index is 10.5. The number of unbranched alkanes of at least 4 members (excludes halogenated alkanes) is 1. The predicted octanol–water partition coefficient (Wildman–Crippen LogP) is 1.71. The maximum atomic E-state index is 10.5. The number of hydrogen-bond donors (Lipinski definition) is 1. The predicted molar refractivity (Wildman–Crippen MR) is 55.5 cm³/mol. The minimum absolute atomic E-state index is 0. The summed E-state index contributed by atoms with van der Waals surface area (Å²) in [6.45, 7) is 4.02. The molecule has 1 atom stereocenters. The molecule has 0 aliphatic heterocycles. The second-order valence-corrected chi connectivity index (χ2v) is 4.66. The zero-order valence-electron chi connectivity index (χ0n) is 8.78. The van der Waals surface area contributed by atoms with Crippen LogP contribution in [0.1, 0.15) is 39.5 Å². The van der Waals surface area contributed by atoms with Gasteiger partial charge in [-0.2, -0.15) is 8.42 Å². The van der Waals surface area contributed by atoms with E-state index in [9.17, 15) is 8.42 Å². The molecule has 0 spiro atoms. The van der Waals surface area contributed by atoms with E-state index in [1.165, 1.54) is 0 Å². The first kappa shape index (κ1) is 16.3. The van der Waals surface area contributed by atoms with Crippen molar-refractivity contribution in [3.63, 3.8) is 0 Å². The van der Waals surface area contributed by atoms with Gasteiger partial charge in [0.05, 0.1) is 5.75 Å². The first-order chi connectivity index (χ1) is 5.49. The summed E-state index contributed by atoms with van der Waals surface area (Å²) in [6, 6.07) is 0. The smallest absolute Gasteiger partial charge is 0.265 e. The molecule has 3 nitrogen and oxygen atoms in total. The van der Waals surface area contributed by atoms with Crippen LogP contribution in [0.5, 0.6) is 0 Å². The molecule has 0 heterocycles. The van der Waals surface area contributed by atoms with Gasteiger partial charge in [0.25, 0.3) is 10.1 Å². The molecule has 1 N–H and O–H groups in total. The van der Waals surface area contributed by atoms with Gasteiger partial charge in [-0.25, -0.2) is 0 Å². The van der Waals surface area contributed by atoms with Crippen LogP contribution in [-0.4, -0.2) is 48.3 Å². The van der Waals surface area contributed by atoms with E-state index in [4.69, 9.17) is 4.55 Å². The summed E-state index contributed by atoms with van der Waals surface area (Å²) in [6.07, 6.45) is 3.82. The fraction of sp³-hybridized carbons (Fsp3) is 1.00. The van der Waals surface area contributed by atoms with Crippen LogP contribution in [0.25, 0.3) is 0 Å². The van der Waals surface area contributed by atoms with Crippen molar-refractivity contribution in [2.24, 2.45) is 5.92 Å². The molecule has 0 fully saturated rings. The first-order valence-corrected chi connectivity index (χ1v) is 6.05. The Labute approximate surface area is 103 Å². The summed E-state index contributed by atoms with van der Waals surface area (Å²) in [5.74, 6) is 0.0451. The van der Waals surface area contributed by atoms with Crippen molar-refractivity contribution in [1.29, 1.82) is 0 Å². The van der Waals surface area contributed by atoms with E-state index < -0.39 is 10.1 Å². The van der Waals surface area contributed by atoms with Crippen LogP contribution in [0.2, 0.25) is 0 Å². The second-order valence-electron chi connectivity index (χ2n) is 3.17. The minimum atomic E-state index is -3.77. The van der Waals surface area contributed by atoms with Crippen LogP contribution in [0.4, 0.5) is 0 Å². The van der Waals surface area contributed by atoms with Gasteiger partial charge in [-0.15, -0.1) is 0 Å². The van der Waals surface area contributed by atoms with Crippen LogP contribution in [0.15, 0.2) is 0 Å². The molecule has 75 valence electrons. The molecule has 1 radical (unpaired) electrons. The summed E-state index contributed by atoms with van der Waals surface area (Å²) < 4.78 is 29.6. The van der Waals surface area contributed by atoms with Gasteiger partial charge in [-0.3, -0.25) is 4.55 Å². The second kappa shape index (κ2) is 8.24. The van der Waals surface area contributed by atoms with E-state index in [2.05, 4.69) is 6.92 Å². The van der Waals surface area contributed by atoms with Crippen molar-refractivity contribution in [2.75, 3.05) is 5.75 Å². The molecule has 0 aliphatic carbocycles. The van der Waals surface area contributed by atoms with Gasteiger partial charge in [0.1, 0.15) is 0 Å². The Kier molecular flexibility index (Phi) is 10.4. The molecule has 0 amide bonds. The van der Waals surface area contributed by atoms with Crippen molar-refractivity contribution in [2.45, 2.75) is 39.5 Å². The molecular formula is C8H18NaO3S. The van der Waals surface area contributed by atoms with E-state index in [-0.39, 0.29) is 41.2 Å².